The average Bonchev–Trinajstić information content (AvgIpc) is 3.44. The van der Waals surface area contributed by atoms with Crippen molar-refractivity contribution in [2.24, 2.45) is 0 Å². The van der Waals surface area contributed by atoms with Crippen molar-refractivity contribution in [3.05, 3.63) is 149 Å². The Morgan fingerprint density at radius 2 is 1.33 bits per heavy atom. The Labute approximate surface area is 207 Å². The fraction of sp³-hybridized carbons (Fsp3) is 0.0938. The third-order valence-electron chi connectivity index (χ3n) is 6.85. The van der Waals surface area contributed by atoms with Gasteiger partial charge in [0.1, 0.15) is 0 Å². The van der Waals surface area contributed by atoms with Gasteiger partial charge in [0.05, 0.1) is 0 Å². The van der Waals surface area contributed by atoms with E-state index >= 15 is 0 Å². The van der Waals surface area contributed by atoms with E-state index in [1.807, 2.05) is 0 Å². The molecule has 1 heteroatoms. The summed E-state index contributed by atoms with van der Waals surface area (Å²) >= 11 is -1.03. The molecule has 33 heavy (non-hydrogen) atoms. The summed E-state index contributed by atoms with van der Waals surface area (Å²) in [7, 11) is 0. The molecule has 6 rings (SSSR count). The second-order valence-corrected chi connectivity index (χ2v) is 12.2. The monoisotopic (exact) mass is 499 g/mol. The predicted octanol–water partition coefficient (Wildman–Crippen LogP) is 7.84. The first-order chi connectivity index (χ1) is 16.3. The van der Waals surface area contributed by atoms with Gasteiger partial charge in [0.2, 0.25) is 0 Å². The Morgan fingerprint density at radius 1 is 0.697 bits per heavy atom. The number of allylic oxidation sites excluding steroid dienone is 4. The molecule has 1 atom stereocenters. The summed E-state index contributed by atoms with van der Waals surface area (Å²) < 4.78 is 2.11. The van der Waals surface area contributed by atoms with Crippen LogP contribution in [0.15, 0.2) is 121 Å². The summed E-state index contributed by atoms with van der Waals surface area (Å²) in [6.45, 7) is 2.23. The zero-order chi connectivity index (χ0) is 22.2. The zero-order valence-electron chi connectivity index (χ0n) is 18.8. The first-order valence-corrected chi connectivity index (χ1v) is 14.3. The van der Waals surface area contributed by atoms with Gasteiger partial charge in [-0.05, 0) is 0 Å². The van der Waals surface area contributed by atoms with Crippen molar-refractivity contribution in [3.63, 3.8) is 0 Å². The first kappa shape index (κ1) is 20.7. The summed E-state index contributed by atoms with van der Waals surface area (Å²) in [5.41, 5.74) is 13.0. The van der Waals surface area contributed by atoms with Crippen LogP contribution in [0.3, 0.4) is 0 Å². The molecule has 2 aliphatic rings. The van der Waals surface area contributed by atoms with Crippen molar-refractivity contribution in [2.75, 3.05) is 0 Å². The normalized spacial score (nSPS) is 15.8. The van der Waals surface area contributed by atoms with Crippen LogP contribution in [0.5, 0.6) is 0 Å². The molecule has 0 aliphatic heterocycles. The molecule has 0 N–H and O–H groups in total. The van der Waals surface area contributed by atoms with Gasteiger partial charge in [-0.25, -0.2) is 0 Å². The van der Waals surface area contributed by atoms with Gasteiger partial charge in [0, 0.05) is 0 Å². The molecule has 0 bridgehead atoms. The minimum atomic E-state index is -1.03. The fourth-order valence-corrected chi connectivity index (χ4v) is 9.54. The maximum atomic E-state index is 2.46. The second kappa shape index (κ2) is 8.81. The zero-order valence-corrected chi connectivity index (χ0v) is 21.2. The van der Waals surface area contributed by atoms with Crippen LogP contribution < -0.4 is 0 Å². The van der Waals surface area contributed by atoms with Gasteiger partial charge >= 0.3 is 208 Å². The summed E-state index contributed by atoms with van der Waals surface area (Å²) in [6.07, 6.45) is 5.59. The number of hydrogen-bond donors (Lipinski definition) is 0. The van der Waals surface area contributed by atoms with Crippen molar-refractivity contribution >= 4 is 8.78 Å². The van der Waals surface area contributed by atoms with Gasteiger partial charge in [-0.3, -0.25) is 0 Å². The summed E-state index contributed by atoms with van der Waals surface area (Å²) in [6, 6.07) is 38.5. The van der Waals surface area contributed by atoms with Gasteiger partial charge in [0.15, 0.2) is 0 Å². The van der Waals surface area contributed by atoms with Crippen molar-refractivity contribution in [1.29, 1.82) is 0 Å². The van der Waals surface area contributed by atoms with E-state index in [0.717, 1.165) is 6.42 Å². The quantitative estimate of drug-likeness (QED) is 0.268. The van der Waals surface area contributed by atoms with Gasteiger partial charge in [-0.2, -0.15) is 0 Å². The van der Waals surface area contributed by atoms with E-state index in [1.54, 1.807) is 3.21 Å². The van der Waals surface area contributed by atoms with Crippen LogP contribution in [0, 0.1) is 0 Å². The van der Waals surface area contributed by atoms with Gasteiger partial charge < -0.3 is 0 Å². The molecule has 0 aromatic heterocycles. The van der Waals surface area contributed by atoms with Crippen LogP contribution in [-0.4, -0.2) is 3.21 Å². The number of rotatable bonds is 4. The van der Waals surface area contributed by atoms with Crippen LogP contribution in [-0.2, 0) is 22.8 Å². The van der Waals surface area contributed by atoms with Crippen molar-refractivity contribution in [2.45, 2.75) is 17.0 Å². The van der Waals surface area contributed by atoms with E-state index < -0.39 is 22.8 Å². The van der Waals surface area contributed by atoms with Crippen molar-refractivity contribution < 1.29 is 22.8 Å². The third kappa shape index (κ3) is 3.79. The van der Waals surface area contributed by atoms with E-state index in [0.29, 0.717) is 3.63 Å². The van der Waals surface area contributed by atoms with Crippen molar-refractivity contribution in [1.82, 2.24) is 0 Å². The molecule has 0 heterocycles. The average molecular weight is 501 g/mol. The first-order valence-electron chi connectivity index (χ1n) is 11.6. The Hall–Kier alpha value is -2.89. The van der Waals surface area contributed by atoms with Gasteiger partial charge in [-0.15, -0.1) is 0 Å². The van der Waals surface area contributed by atoms with E-state index in [2.05, 4.69) is 122 Å². The molecule has 0 spiro atoms. The Kier molecular flexibility index (Phi) is 5.52. The molecule has 0 nitrogen and oxygen atoms in total. The number of hydrogen-bond acceptors (Lipinski definition) is 0. The predicted molar refractivity (Wildman–Crippen MR) is 136 cm³/mol. The third-order valence-corrected chi connectivity index (χ3v) is 11.2. The van der Waals surface area contributed by atoms with Gasteiger partial charge in [-0.1, -0.05) is 0 Å². The molecule has 1 unspecified atom stereocenters. The summed E-state index contributed by atoms with van der Waals surface area (Å²) in [5.74, 6) is 0. The Balaban J connectivity index is 1.53. The molecule has 4 aromatic carbocycles. The molecule has 0 fully saturated rings. The molecule has 0 amide bonds. The maximum absolute atomic E-state index is 2.46. The molecule has 157 valence electrons. The standard InChI is InChI=1S/C19H15.C13H10.Zr/c1-13-5-4-8-17(13)16-10-9-15-11-14-6-2-3-7-18(14)19(15)12-16;1-3-7-12(8-4-1)11-13-9-5-2-6-10-13;/h2-7,9-12H,8H2,1H3;1-10H;. The number of benzene rings is 4. The second-order valence-electron chi connectivity index (χ2n) is 8.84. The molecule has 0 saturated carbocycles. The Morgan fingerprint density at radius 3 is 2.00 bits per heavy atom. The van der Waals surface area contributed by atoms with E-state index in [-0.39, 0.29) is 0 Å². The SMILES string of the molecule is CC1=C(c2ccc3c(c2)-c2ccccc2[CH]3[Zr]=[C](c2ccccc2)c2ccccc2)CC=C1. The topological polar surface area (TPSA) is 0 Å². The van der Waals surface area contributed by atoms with Crippen LogP contribution in [0.25, 0.3) is 16.7 Å². The fourth-order valence-electron chi connectivity index (χ4n) is 5.19. The molecular weight excluding hydrogens is 476 g/mol. The van der Waals surface area contributed by atoms with Crippen LogP contribution >= 0.6 is 0 Å². The van der Waals surface area contributed by atoms with Crippen LogP contribution in [0.4, 0.5) is 0 Å². The molecule has 2 aliphatic carbocycles. The summed E-state index contributed by atoms with van der Waals surface area (Å²) in [5, 5.41) is 0. The molecular formula is C32H25Zr. The summed E-state index contributed by atoms with van der Waals surface area (Å²) in [4.78, 5) is 0. The van der Waals surface area contributed by atoms with Crippen LogP contribution in [0.1, 0.15) is 44.8 Å². The van der Waals surface area contributed by atoms with E-state index in [9.17, 15) is 0 Å². The molecule has 0 radical (unpaired) electrons. The Bertz CT molecular complexity index is 1380. The molecule has 4 aromatic rings. The van der Waals surface area contributed by atoms with Crippen LogP contribution in [0.2, 0.25) is 0 Å². The van der Waals surface area contributed by atoms with Crippen molar-refractivity contribution in [3.8, 4) is 11.1 Å². The number of fused-ring (bicyclic) bond motifs is 3. The van der Waals surface area contributed by atoms with E-state index in [4.69, 9.17) is 0 Å². The van der Waals surface area contributed by atoms with E-state index in [1.165, 1.54) is 50.1 Å². The minimum absolute atomic E-state index is 0.529. The molecule has 0 saturated heterocycles. The van der Waals surface area contributed by atoms with Gasteiger partial charge in [0.25, 0.3) is 0 Å².